The summed E-state index contributed by atoms with van der Waals surface area (Å²) in [5.41, 5.74) is 1.30. The molecule has 0 saturated carbocycles. The maximum atomic E-state index is 3.55. The molecule has 0 N–H and O–H groups in total. The van der Waals surface area contributed by atoms with Gasteiger partial charge in [-0.3, -0.25) is 0 Å². The number of allylic oxidation sites excluding steroid dienone is 3. The number of hydrogen-bond acceptors (Lipinski definition) is 0. The molecule has 0 aliphatic heterocycles. The smallest absolute Gasteiger partial charge is 0.0242 e. The summed E-state index contributed by atoms with van der Waals surface area (Å²) in [6.45, 7) is 5.60. The van der Waals surface area contributed by atoms with Crippen LogP contribution in [0.5, 0.6) is 0 Å². The van der Waals surface area contributed by atoms with Gasteiger partial charge in [0.25, 0.3) is 0 Å². The van der Waals surface area contributed by atoms with Gasteiger partial charge in [-0.2, -0.15) is 0 Å². The van der Waals surface area contributed by atoms with Crippen LogP contribution in [0.1, 0.15) is 6.92 Å². The van der Waals surface area contributed by atoms with Crippen LogP contribution in [0.4, 0.5) is 0 Å². The largest absolute Gasteiger partial charge is 0.0991 e. The van der Waals surface area contributed by atoms with E-state index in [9.17, 15) is 0 Å². The van der Waals surface area contributed by atoms with Gasteiger partial charge >= 0.3 is 0 Å². The molecule has 1 heteroatoms. The van der Waals surface area contributed by atoms with Gasteiger partial charge < -0.3 is 0 Å². The van der Waals surface area contributed by atoms with Crippen molar-refractivity contribution in [1.29, 1.82) is 0 Å². The lowest BCUT2D eigenvalue weighted by molar-refractivity contribution is 1.43. The van der Waals surface area contributed by atoms with E-state index < -0.39 is 0 Å². The van der Waals surface area contributed by atoms with Crippen molar-refractivity contribution in [3.63, 3.8) is 0 Å². The summed E-state index contributed by atoms with van der Waals surface area (Å²) in [5.74, 6) is 0. The highest BCUT2D eigenvalue weighted by Crippen LogP contribution is 1.95. The second kappa shape index (κ2) is 4.13. The second-order valence-electron chi connectivity index (χ2n) is 1.38. The van der Waals surface area contributed by atoms with Crippen molar-refractivity contribution in [1.82, 2.24) is 0 Å². The Bertz CT molecular complexity index is 82.2. The van der Waals surface area contributed by atoms with Crippen molar-refractivity contribution in [3.8, 4) is 0 Å². The summed E-state index contributed by atoms with van der Waals surface area (Å²) in [5, 5.41) is 0.943. The molecule has 0 aliphatic rings. The van der Waals surface area contributed by atoms with Gasteiger partial charge in [0.05, 0.1) is 0 Å². The molecular weight excluding hydrogens is 152 g/mol. The molecule has 0 nitrogen and oxygen atoms in total. The number of alkyl halides is 1. The highest BCUT2D eigenvalue weighted by atomic mass is 79.9. The summed E-state index contributed by atoms with van der Waals surface area (Å²) in [4.78, 5) is 0. The van der Waals surface area contributed by atoms with Crippen LogP contribution in [-0.2, 0) is 0 Å². The van der Waals surface area contributed by atoms with Crippen molar-refractivity contribution in [3.05, 3.63) is 24.3 Å². The fourth-order valence-corrected chi connectivity index (χ4v) is 0.433. The average molecular weight is 161 g/mol. The van der Waals surface area contributed by atoms with Gasteiger partial charge in [0.1, 0.15) is 0 Å². The molecule has 7 heavy (non-hydrogen) atoms. The fourth-order valence-electron chi connectivity index (χ4n) is 0.246. The zero-order chi connectivity index (χ0) is 5.70. The third-order valence-electron chi connectivity index (χ3n) is 0.613. The van der Waals surface area contributed by atoms with Gasteiger partial charge in [0.15, 0.2) is 0 Å². The molecule has 0 spiro atoms. The van der Waals surface area contributed by atoms with Gasteiger partial charge in [-0.25, -0.2) is 0 Å². The van der Waals surface area contributed by atoms with Gasteiger partial charge in [-0.1, -0.05) is 40.2 Å². The minimum absolute atomic E-state index is 0.943. The third kappa shape index (κ3) is 3.80. The third-order valence-corrected chi connectivity index (χ3v) is 1.50. The average Bonchev–Trinajstić information content (AvgIpc) is 1.68. The Hall–Kier alpha value is -0.0400. The van der Waals surface area contributed by atoms with E-state index in [4.69, 9.17) is 0 Å². The summed E-state index contributed by atoms with van der Waals surface area (Å²) in [6.07, 6.45) is 3.77. The molecule has 0 saturated heterocycles. The molecule has 0 fully saturated rings. The van der Waals surface area contributed by atoms with Crippen molar-refractivity contribution in [2.75, 3.05) is 5.33 Å². The van der Waals surface area contributed by atoms with Crippen LogP contribution in [-0.4, -0.2) is 5.33 Å². The highest BCUT2D eigenvalue weighted by Gasteiger charge is 1.76. The van der Waals surface area contributed by atoms with Crippen LogP contribution < -0.4 is 0 Å². The van der Waals surface area contributed by atoms with E-state index in [0.717, 1.165) is 5.33 Å². The fraction of sp³-hybridized carbons (Fsp3) is 0.333. The number of hydrogen-bond donors (Lipinski definition) is 0. The van der Waals surface area contributed by atoms with Gasteiger partial charge in [-0.05, 0) is 6.92 Å². The van der Waals surface area contributed by atoms with Crippen LogP contribution in [0.15, 0.2) is 24.3 Å². The minimum Gasteiger partial charge on any atom is -0.0991 e. The zero-order valence-electron chi connectivity index (χ0n) is 4.45. The molecule has 40 valence electrons. The molecule has 0 atom stereocenters. The van der Waals surface area contributed by atoms with E-state index in [0.29, 0.717) is 0 Å². The SMILES string of the molecule is C=C/C=C(\C)CBr. The standard InChI is InChI=1S/C6H9Br/c1-3-4-6(2)5-7/h3-4H,1,5H2,2H3/b6-4+. The van der Waals surface area contributed by atoms with E-state index in [2.05, 4.69) is 29.4 Å². The van der Waals surface area contributed by atoms with Crippen LogP contribution in [0.25, 0.3) is 0 Å². The first kappa shape index (κ1) is 6.96. The van der Waals surface area contributed by atoms with Crippen molar-refractivity contribution < 1.29 is 0 Å². The van der Waals surface area contributed by atoms with Crippen molar-refractivity contribution in [2.24, 2.45) is 0 Å². The van der Waals surface area contributed by atoms with Crippen molar-refractivity contribution >= 4 is 15.9 Å². The van der Waals surface area contributed by atoms with E-state index in [-0.39, 0.29) is 0 Å². The molecule has 0 amide bonds. The first-order valence-corrected chi connectivity index (χ1v) is 3.27. The van der Waals surface area contributed by atoms with E-state index in [1.54, 1.807) is 6.08 Å². The minimum atomic E-state index is 0.943. The quantitative estimate of drug-likeness (QED) is 0.431. The summed E-state index contributed by atoms with van der Waals surface area (Å²) in [7, 11) is 0. The topological polar surface area (TPSA) is 0 Å². The van der Waals surface area contributed by atoms with Gasteiger partial charge in [-0.15, -0.1) is 0 Å². The Labute approximate surface area is 53.1 Å². The first-order chi connectivity index (χ1) is 3.31. The maximum Gasteiger partial charge on any atom is 0.0242 e. The van der Waals surface area contributed by atoms with E-state index >= 15 is 0 Å². The molecule has 0 unspecified atom stereocenters. The lowest BCUT2D eigenvalue weighted by Crippen LogP contribution is -1.70. The predicted octanol–water partition coefficient (Wildman–Crippen LogP) is 2.51. The molecule has 0 aliphatic carbocycles. The molecule has 0 heterocycles. The first-order valence-electron chi connectivity index (χ1n) is 2.15. The van der Waals surface area contributed by atoms with Crippen LogP contribution in [0.2, 0.25) is 0 Å². The molecule has 0 radical (unpaired) electrons. The highest BCUT2D eigenvalue weighted by molar-refractivity contribution is 9.09. The lowest BCUT2D eigenvalue weighted by atomic mass is 10.3. The summed E-state index contributed by atoms with van der Waals surface area (Å²) < 4.78 is 0. The van der Waals surface area contributed by atoms with E-state index in [1.807, 2.05) is 6.08 Å². The van der Waals surface area contributed by atoms with Crippen molar-refractivity contribution in [2.45, 2.75) is 6.92 Å². The molecule has 0 aromatic heterocycles. The summed E-state index contributed by atoms with van der Waals surface area (Å²) in [6, 6.07) is 0. The number of rotatable bonds is 2. The molecular formula is C6H9Br. The zero-order valence-corrected chi connectivity index (χ0v) is 6.03. The van der Waals surface area contributed by atoms with Gasteiger partial charge in [0.2, 0.25) is 0 Å². The molecule has 0 bridgehead atoms. The second-order valence-corrected chi connectivity index (χ2v) is 1.94. The summed E-state index contributed by atoms with van der Waals surface area (Å²) >= 11 is 3.30. The molecule has 0 rings (SSSR count). The normalized spacial score (nSPS) is 11.4. The lowest BCUT2D eigenvalue weighted by Gasteiger charge is -1.84. The predicted molar refractivity (Wildman–Crippen MR) is 37.7 cm³/mol. The Morgan fingerprint density at radius 3 is 2.57 bits per heavy atom. The Kier molecular flexibility index (Phi) is 4.10. The van der Waals surface area contributed by atoms with Crippen LogP contribution in [0.3, 0.4) is 0 Å². The Morgan fingerprint density at radius 2 is 2.43 bits per heavy atom. The molecule has 0 aromatic carbocycles. The molecule has 0 aromatic rings. The van der Waals surface area contributed by atoms with Crippen LogP contribution >= 0.6 is 15.9 Å². The Balaban J connectivity index is 3.49. The number of halogens is 1. The van der Waals surface area contributed by atoms with Gasteiger partial charge in [0, 0.05) is 5.33 Å². The Morgan fingerprint density at radius 1 is 1.86 bits per heavy atom. The monoisotopic (exact) mass is 160 g/mol. The maximum absolute atomic E-state index is 3.55. The van der Waals surface area contributed by atoms with E-state index in [1.165, 1.54) is 5.57 Å². The van der Waals surface area contributed by atoms with Crippen LogP contribution in [0, 0.1) is 0 Å².